The van der Waals surface area contributed by atoms with Gasteiger partial charge >= 0.3 is 6.18 Å². The van der Waals surface area contributed by atoms with Crippen LogP contribution in [-0.2, 0) is 4.74 Å². The van der Waals surface area contributed by atoms with Crippen molar-refractivity contribution in [2.45, 2.75) is 44.6 Å². The Balaban J connectivity index is 3.60. The normalized spacial score (nSPS) is 16.4. The Morgan fingerprint density at radius 1 is 1.20 bits per heavy atom. The zero-order valence-electron chi connectivity index (χ0n) is 8.63. The Morgan fingerprint density at radius 3 is 2.27 bits per heavy atom. The SMILES string of the molecule is CCOCCCC[C@H](O)[C@@H](O)C(F)(F)F. The van der Waals surface area contributed by atoms with Crippen molar-refractivity contribution in [3.8, 4) is 0 Å². The first-order valence-electron chi connectivity index (χ1n) is 4.90. The van der Waals surface area contributed by atoms with Crippen LogP contribution in [0.2, 0.25) is 0 Å². The average molecular weight is 230 g/mol. The summed E-state index contributed by atoms with van der Waals surface area (Å²) in [6.07, 6.45) is -8.24. The maximum atomic E-state index is 11.9. The van der Waals surface area contributed by atoms with Crippen LogP contribution in [0.25, 0.3) is 0 Å². The minimum absolute atomic E-state index is 0.0756. The fourth-order valence-electron chi connectivity index (χ4n) is 1.08. The first-order chi connectivity index (χ1) is 6.89. The van der Waals surface area contributed by atoms with Crippen LogP contribution in [-0.4, -0.2) is 41.8 Å². The van der Waals surface area contributed by atoms with Crippen molar-refractivity contribution in [1.82, 2.24) is 0 Å². The number of halogens is 3. The van der Waals surface area contributed by atoms with Crippen LogP contribution in [0.4, 0.5) is 13.2 Å². The lowest BCUT2D eigenvalue weighted by molar-refractivity contribution is -0.230. The van der Waals surface area contributed by atoms with Gasteiger partial charge in [-0.3, -0.25) is 0 Å². The quantitative estimate of drug-likeness (QED) is 0.651. The molecule has 2 N–H and O–H groups in total. The van der Waals surface area contributed by atoms with E-state index in [2.05, 4.69) is 0 Å². The van der Waals surface area contributed by atoms with Crippen molar-refractivity contribution in [3.05, 3.63) is 0 Å². The van der Waals surface area contributed by atoms with Gasteiger partial charge in [-0.1, -0.05) is 0 Å². The molecule has 15 heavy (non-hydrogen) atoms. The molecule has 0 aliphatic heterocycles. The highest BCUT2D eigenvalue weighted by atomic mass is 19.4. The third kappa shape index (κ3) is 6.70. The number of alkyl halides is 3. The zero-order chi connectivity index (χ0) is 11.9. The van der Waals surface area contributed by atoms with Crippen LogP contribution >= 0.6 is 0 Å². The van der Waals surface area contributed by atoms with Crippen molar-refractivity contribution in [2.24, 2.45) is 0 Å². The van der Waals surface area contributed by atoms with Crippen LogP contribution < -0.4 is 0 Å². The molecule has 0 aliphatic rings. The van der Waals surface area contributed by atoms with Crippen LogP contribution in [0.3, 0.4) is 0 Å². The molecule has 2 atom stereocenters. The van der Waals surface area contributed by atoms with E-state index >= 15 is 0 Å². The van der Waals surface area contributed by atoms with Crippen molar-refractivity contribution in [3.63, 3.8) is 0 Å². The van der Waals surface area contributed by atoms with Crippen LogP contribution in [0.15, 0.2) is 0 Å². The molecule has 0 aromatic carbocycles. The minimum Gasteiger partial charge on any atom is -0.390 e. The standard InChI is InChI=1S/C9H17F3O3/c1-2-15-6-4-3-5-7(13)8(14)9(10,11)12/h7-8,13-14H,2-6H2,1H3/t7-,8+/m0/s1. The van der Waals surface area contributed by atoms with Gasteiger partial charge in [-0.2, -0.15) is 13.2 Å². The predicted octanol–water partition coefficient (Wildman–Crippen LogP) is 1.48. The Morgan fingerprint density at radius 2 is 1.80 bits per heavy atom. The van der Waals surface area contributed by atoms with E-state index in [0.29, 0.717) is 26.1 Å². The first-order valence-corrected chi connectivity index (χ1v) is 4.90. The summed E-state index contributed by atoms with van der Waals surface area (Å²) in [5, 5.41) is 17.6. The Bertz CT molecular complexity index is 161. The highest BCUT2D eigenvalue weighted by molar-refractivity contribution is 4.74. The summed E-state index contributed by atoms with van der Waals surface area (Å²) in [6, 6.07) is 0. The van der Waals surface area contributed by atoms with Crippen molar-refractivity contribution in [2.75, 3.05) is 13.2 Å². The summed E-state index contributed by atoms with van der Waals surface area (Å²) in [5.41, 5.74) is 0. The molecule has 0 rings (SSSR count). The summed E-state index contributed by atoms with van der Waals surface area (Å²) in [7, 11) is 0. The van der Waals surface area contributed by atoms with Gasteiger partial charge in [0.25, 0.3) is 0 Å². The summed E-state index contributed by atoms with van der Waals surface area (Å²) in [4.78, 5) is 0. The van der Waals surface area contributed by atoms with Crippen LogP contribution in [0, 0.1) is 0 Å². The number of hydrogen-bond acceptors (Lipinski definition) is 3. The van der Waals surface area contributed by atoms with Gasteiger partial charge in [-0.05, 0) is 26.2 Å². The highest BCUT2D eigenvalue weighted by Gasteiger charge is 2.42. The van der Waals surface area contributed by atoms with E-state index in [1.807, 2.05) is 6.92 Å². The van der Waals surface area contributed by atoms with E-state index in [0.717, 1.165) is 0 Å². The molecule has 0 aromatic heterocycles. The number of aliphatic hydroxyl groups excluding tert-OH is 2. The van der Waals surface area contributed by atoms with E-state index in [1.165, 1.54) is 0 Å². The van der Waals surface area contributed by atoms with Gasteiger partial charge in [0, 0.05) is 13.2 Å². The molecule has 6 heteroatoms. The Labute approximate surface area is 86.9 Å². The number of rotatable bonds is 7. The topological polar surface area (TPSA) is 49.7 Å². The number of ether oxygens (including phenoxy) is 1. The molecule has 3 nitrogen and oxygen atoms in total. The van der Waals surface area contributed by atoms with E-state index in [1.54, 1.807) is 0 Å². The second-order valence-electron chi connectivity index (χ2n) is 3.25. The second kappa shape index (κ2) is 7.03. The van der Waals surface area contributed by atoms with Crippen molar-refractivity contribution >= 4 is 0 Å². The third-order valence-corrected chi connectivity index (χ3v) is 1.94. The molecule has 0 amide bonds. The summed E-state index contributed by atoms with van der Waals surface area (Å²) in [6.45, 7) is 2.85. The molecule has 0 fully saturated rings. The van der Waals surface area contributed by atoms with Gasteiger partial charge < -0.3 is 14.9 Å². The lowest BCUT2D eigenvalue weighted by Gasteiger charge is -2.20. The lowest BCUT2D eigenvalue weighted by atomic mass is 10.1. The maximum absolute atomic E-state index is 11.9. The second-order valence-corrected chi connectivity index (χ2v) is 3.25. The van der Waals surface area contributed by atoms with E-state index < -0.39 is 18.4 Å². The zero-order valence-corrected chi connectivity index (χ0v) is 8.63. The molecule has 0 aromatic rings. The van der Waals surface area contributed by atoms with Gasteiger partial charge in [-0.25, -0.2) is 0 Å². The summed E-state index contributed by atoms with van der Waals surface area (Å²) in [5.74, 6) is 0. The molecule has 0 bridgehead atoms. The lowest BCUT2D eigenvalue weighted by Crippen LogP contribution is -2.39. The Hall–Kier alpha value is -0.330. The average Bonchev–Trinajstić information content (AvgIpc) is 2.14. The van der Waals surface area contributed by atoms with E-state index in [4.69, 9.17) is 14.9 Å². The highest BCUT2D eigenvalue weighted by Crippen LogP contribution is 2.24. The van der Waals surface area contributed by atoms with Gasteiger partial charge in [0.1, 0.15) is 0 Å². The number of unbranched alkanes of at least 4 members (excludes halogenated alkanes) is 1. The summed E-state index contributed by atoms with van der Waals surface area (Å²) < 4.78 is 40.7. The largest absolute Gasteiger partial charge is 0.416 e. The van der Waals surface area contributed by atoms with Gasteiger partial charge in [0.15, 0.2) is 6.10 Å². The first kappa shape index (κ1) is 14.7. The van der Waals surface area contributed by atoms with Gasteiger partial charge in [0.05, 0.1) is 6.10 Å². The molecule has 0 unspecified atom stereocenters. The molecule has 0 spiro atoms. The molecular formula is C9H17F3O3. The van der Waals surface area contributed by atoms with Crippen molar-refractivity contribution in [1.29, 1.82) is 0 Å². The molecule has 0 radical (unpaired) electrons. The smallest absolute Gasteiger partial charge is 0.390 e. The molecule has 92 valence electrons. The Kier molecular flexibility index (Phi) is 6.87. The predicted molar refractivity (Wildman–Crippen MR) is 48.4 cm³/mol. The molecule has 0 saturated carbocycles. The molecule has 0 aliphatic carbocycles. The van der Waals surface area contributed by atoms with Crippen molar-refractivity contribution < 1.29 is 28.1 Å². The van der Waals surface area contributed by atoms with Crippen LogP contribution in [0.1, 0.15) is 26.2 Å². The summed E-state index contributed by atoms with van der Waals surface area (Å²) >= 11 is 0. The van der Waals surface area contributed by atoms with E-state index in [9.17, 15) is 13.2 Å². The maximum Gasteiger partial charge on any atom is 0.416 e. The van der Waals surface area contributed by atoms with E-state index in [-0.39, 0.29) is 6.42 Å². The van der Waals surface area contributed by atoms with Gasteiger partial charge in [0.2, 0.25) is 0 Å². The monoisotopic (exact) mass is 230 g/mol. The van der Waals surface area contributed by atoms with Gasteiger partial charge in [-0.15, -0.1) is 0 Å². The molecule has 0 saturated heterocycles. The molecule has 0 heterocycles. The minimum atomic E-state index is -4.75. The fourth-order valence-corrected chi connectivity index (χ4v) is 1.08. The third-order valence-electron chi connectivity index (χ3n) is 1.94. The molecular weight excluding hydrogens is 213 g/mol. The number of hydrogen-bond donors (Lipinski definition) is 2. The fraction of sp³-hybridized carbons (Fsp3) is 1.00. The van der Waals surface area contributed by atoms with Crippen LogP contribution in [0.5, 0.6) is 0 Å². The number of aliphatic hydroxyl groups is 2.